The summed E-state index contributed by atoms with van der Waals surface area (Å²) in [6, 6.07) is 5.67. The first kappa shape index (κ1) is 20.4. The molecule has 0 aromatic heterocycles. The quantitative estimate of drug-likeness (QED) is 0.615. The van der Waals surface area contributed by atoms with Gasteiger partial charge in [0, 0.05) is 26.4 Å². The third-order valence-corrected chi connectivity index (χ3v) is 7.54. The number of carbonyl (C=O) groups excluding carboxylic acids is 2. The number of aliphatic hydroxyl groups excluding tert-OH is 1. The molecule has 1 aromatic carbocycles. The fourth-order valence-electron chi connectivity index (χ4n) is 6.40. The molecule has 0 radical (unpaired) electrons. The number of ether oxygens (including phenoxy) is 3. The first-order chi connectivity index (χ1) is 13.8. The summed E-state index contributed by atoms with van der Waals surface area (Å²) in [7, 11) is 1.61. The molecule has 0 heterocycles. The summed E-state index contributed by atoms with van der Waals surface area (Å²) in [4.78, 5) is 23.0. The fraction of sp³-hybridized carbons (Fsp3) is 0.652. The molecule has 3 aliphatic rings. The molecule has 0 bridgehead atoms. The molecule has 1 N–H and O–H groups in total. The Labute approximate surface area is 171 Å². The van der Waals surface area contributed by atoms with Crippen LogP contribution >= 0.6 is 0 Å². The van der Waals surface area contributed by atoms with Crippen molar-refractivity contribution in [1.82, 2.24) is 0 Å². The molecule has 6 nitrogen and oxygen atoms in total. The van der Waals surface area contributed by atoms with Crippen molar-refractivity contribution in [3.05, 3.63) is 29.3 Å². The molecule has 0 amide bonds. The third-order valence-electron chi connectivity index (χ3n) is 7.54. The van der Waals surface area contributed by atoms with Gasteiger partial charge in [-0.05, 0) is 66.7 Å². The second-order valence-corrected chi connectivity index (χ2v) is 9.04. The number of fused-ring (bicyclic) bond motifs is 5. The summed E-state index contributed by atoms with van der Waals surface area (Å²) in [6.07, 6.45) is 2.42. The second kappa shape index (κ2) is 7.40. The van der Waals surface area contributed by atoms with Crippen LogP contribution in [0.25, 0.3) is 0 Å². The van der Waals surface area contributed by atoms with Crippen LogP contribution in [0.4, 0.5) is 0 Å². The zero-order valence-corrected chi connectivity index (χ0v) is 17.5. The van der Waals surface area contributed by atoms with Crippen molar-refractivity contribution in [3.63, 3.8) is 0 Å². The summed E-state index contributed by atoms with van der Waals surface area (Å²) < 4.78 is 16.7. The zero-order chi connectivity index (χ0) is 20.9. The summed E-state index contributed by atoms with van der Waals surface area (Å²) in [6.45, 7) is 5.05. The van der Waals surface area contributed by atoms with E-state index in [9.17, 15) is 14.7 Å². The molecule has 6 heteroatoms. The van der Waals surface area contributed by atoms with Gasteiger partial charge in [0.25, 0.3) is 0 Å². The van der Waals surface area contributed by atoms with Crippen molar-refractivity contribution in [1.29, 1.82) is 0 Å². The topological polar surface area (TPSA) is 82.1 Å². The van der Waals surface area contributed by atoms with E-state index in [-0.39, 0.29) is 41.2 Å². The van der Waals surface area contributed by atoms with Crippen LogP contribution in [-0.4, -0.2) is 36.4 Å². The van der Waals surface area contributed by atoms with Gasteiger partial charge in [-0.3, -0.25) is 9.59 Å². The van der Waals surface area contributed by atoms with E-state index >= 15 is 0 Å². The molecule has 2 fully saturated rings. The molecule has 29 heavy (non-hydrogen) atoms. The Morgan fingerprint density at radius 1 is 1.10 bits per heavy atom. The van der Waals surface area contributed by atoms with Crippen LogP contribution in [0.5, 0.6) is 5.75 Å². The van der Waals surface area contributed by atoms with E-state index < -0.39 is 12.2 Å². The Morgan fingerprint density at radius 3 is 2.52 bits per heavy atom. The number of benzene rings is 1. The predicted octanol–water partition coefficient (Wildman–Crippen LogP) is 3.52. The van der Waals surface area contributed by atoms with Crippen LogP contribution in [0.3, 0.4) is 0 Å². The van der Waals surface area contributed by atoms with Gasteiger partial charge in [-0.25, -0.2) is 0 Å². The van der Waals surface area contributed by atoms with Gasteiger partial charge in [0.05, 0.1) is 6.10 Å². The molecule has 2 saturated carbocycles. The van der Waals surface area contributed by atoms with E-state index in [4.69, 9.17) is 14.2 Å². The lowest BCUT2D eigenvalue weighted by Crippen LogP contribution is -2.51. The Balaban J connectivity index is 1.71. The first-order valence-electron chi connectivity index (χ1n) is 10.5. The summed E-state index contributed by atoms with van der Waals surface area (Å²) in [5.74, 6) is 0.392. The van der Waals surface area contributed by atoms with Crippen molar-refractivity contribution in [3.8, 4) is 5.75 Å². The maximum absolute atomic E-state index is 11.6. The van der Waals surface area contributed by atoms with E-state index in [2.05, 4.69) is 6.92 Å². The van der Waals surface area contributed by atoms with Gasteiger partial charge >= 0.3 is 11.9 Å². The van der Waals surface area contributed by atoms with Crippen LogP contribution in [0.1, 0.15) is 69.6 Å². The van der Waals surface area contributed by atoms with Gasteiger partial charge in [-0.2, -0.15) is 0 Å². The highest BCUT2D eigenvalue weighted by Crippen LogP contribution is 2.63. The molecular formula is C23H30O6. The second-order valence-electron chi connectivity index (χ2n) is 9.04. The van der Waals surface area contributed by atoms with Crippen LogP contribution < -0.4 is 4.74 Å². The van der Waals surface area contributed by atoms with Crippen LogP contribution in [0.15, 0.2) is 18.2 Å². The SMILES string of the molecule is CO[C@H]1c2cc(OC(C)=O)ccc2[C@H]2CC[C@]3(C)[C@@H](OC(C)=O)CC[C@H]3[C@@H]2[C@@H]1O. The fourth-order valence-corrected chi connectivity index (χ4v) is 6.40. The normalized spacial score (nSPS) is 37.8. The lowest BCUT2D eigenvalue weighted by atomic mass is 9.54. The number of rotatable bonds is 3. The van der Waals surface area contributed by atoms with Crippen molar-refractivity contribution < 1.29 is 28.9 Å². The van der Waals surface area contributed by atoms with Crippen molar-refractivity contribution >= 4 is 11.9 Å². The number of carbonyl (C=O) groups is 2. The number of esters is 2. The van der Waals surface area contributed by atoms with Crippen LogP contribution in [0.2, 0.25) is 0 Å². The number of hydrogen-bond acceptors (Lipinski definition) is 6. The monoisotopic (exact) mass is 402 g/mol. The van der Waals surface area contributed by atoms with E-state index in [1.807, 2.05) is 18.2 Å². The largest absolute Gasteiger partial charge is 0.462 e. The molecule has 3 aliphatic carbocycles. The minimum Gasteiger partial charge on any atom is -0.462 e. The lowest BCUT2D eigenvalue weighted by Gasteiger charge is -2.53. The zero-order valence-electron chi connectivity index (χ0n) is 17.5. The maximum atomic E-state index is 11.6. The van der Waals surface area contributed by atoms with Gasteiger partial charge < -0.3 is 19.3 Å². The van der Waals surface area contributed by atoms with E-state index in [1.165, 1.54) is 19.4 Å². The number of hydrogen-bond donors (Lipinski definition) is 1. The molecule has 0 unspecified atom stereocenters. The van der Waals surface area contributed by atoms with E-state index in [0.29, 0.717) is 5.75 Å². The Morgan fingerprint density at radius 2 is 1.86 bits per heavy atom. The highest BCUT2D eigenvalue weighted by atomic mass is 16.5. The summed E-state index contributed by atoms with van der Waals surface area (Å²) >= 11 is 0. The maximum Gasteiger partial charge on any atom is 0.308 e. The molecule has 1 aromatic rings. The molecule has 4 rings (SSSR count). The average molecular weight is 402 g/mol. The van der Waals surface area contributed by atoms with Crippen molar-refractivity contribution in [2.45, 2.75) is 70.7 Å². The number of aliphatic hydroxyl groups is 1. The minimum absolute atomic E-state index is 0.0475. The standard InChI is InChI=1S/C23H30O6/c1-12(24)28-14-5-6-15-16-9-10-23(3)18(7-8-19(23)29-13(2)25)20(16)21(26)22(27-4)17(15)11-14/h5-6,11,16,18-22,26H,7-10H2,1-4H3/t16-,18+,19+,20-,21+,22+,23+/m1/s1. The van der Waals surface area contributed by atoms with Gasteiger partial charge in [0.2, 0.25) is 0 Å². The molecule has 158 valence electrons. The lowest BCUT2D eigenvalue weighted by molar-refractivity contribution is -0.158. The molecular weight excluding hydrogens is 372 g/mol. The average Bonchev–Trinajstić information content (AvgIpc) is 2.97. The molecule has 7 atom stereocenters. The molecule has 0 saturated heterocycles. The first-order valence-corrected chi connectivity index (χ1v) is 10.5. The highest BCUT2D eigenvalue weighted by molar-refractivity contribution is 5.69. The molecule has 0 aliphatic heterocycles. The Hall–Kier alpha value is -1.92. The number of methoxy groups -OCH3 is 1. The predicted molar refractivity (Wildman–Crippen MR) is 105 cm³/mol. The third kappa shape index (κ3) is 3.26. The Bertz CT molecular complexity index is 820. The minimum atomic E-state index is -0.661. The summed E-state index contributed by atoms with van der Waals surface area (Å²) in [5.41, 5.74) is 1.94. The van der Waals surface area contributed by atoms with E-state index in [1.54, 1.807) is 7.11 Å². The van der Waals surface area contributed by atoms with Gasteiger partial charge in [-0.1, -0.05) is 13.0 Å². The van der Waals surface area contributed by atoms with Gasteiger partial charge in [-0.15, -0.1) is 0 Å². The van der Waals surface area contributed by atoms with Gasteiger partial charge in [0.1, 0.15) is 18.0 Å². The van der Waals surface area contributed by atoms with Crippen molar-refractivity contribution in [2.75, 3.05) is 7.11 Å². The molecule has 0 spiro atoms. The smallest absolute Gasteiger partial charge is 0.308 e. The van der Waals surface area contributed by atoms with Gasteiger partial charge in [0.15, 0.2) is 0 Å². The summed E-state index contributed by atoms with van der Waals surface area (Å²) in [5, 5.41) is 11.4. The van der Waals surface area contributed by atoms with E-state index in [0.717, 1.165) is 31.2 Å². The Kier molecular flexibility index (Phi) is 5.20. The highest BCUT2D eigenvalue weighted by Gasteiger charge is 2.59. The van der Waals surface area contributed by atoms with Crippen molar-refractivity contribution in [2.24, 2.45) is 17.3 Å². The van der Waals surface area contributed by atoms with Crippen LogP contribution in [-0.2, 0) is 19.1 Å². The van der Waals surface area contributed by atoms with Crippen LogP contribution in [0, 0.1) is 17.3 Å².